The van der Waals surface area contributed by atoms with Crippen LogP contribution in [0.5, 0.6) is 0 Å². The van der Waals surface area contributed by atoms with E-state index >= 15 is 0 Å². The van der Waals surface area contributed by atoms with Gasteiger partial charge in [0.25, 0.3) is 5.91 Å². The molecule has 8 nitrogen and oxygen atoms in total. The molecule has 168 valence electrons. The van der Waals surface area contributed by atoms with Gasteiger partial charge in [0, 0.05) is 0 Å². The number of hydrogen-bond donors (Lipinski definition) is 2. The Morgan fingerprint density at radius 1 is 1.12 bits per heavy atom. The fraction of sp³-hybridized carbons (Fsp3) is 0.304. The maximum Gasteiger partial charge on any atom is 0.325 e. The molecule has 2 atom stereocenters. The Morgan fingerprint density at radius 3 is 2.34 bits per heavy atom. The molecule has 0 aliphatic carbocycles. The number of rotatable bonds is 7. The summed E-state index contributed by atoms with van der Waals surface area (Å²) < 4.78 is 18.0. The van der Waals surface area contributed by atoms with E-state index in [0.29, 0.717) is 11.1 Å². The van der Waals surface area contributed by atoms with E-state index < -0.39 is 47.8 Å². The number of hydrogen-bond acceptors (Lipinski definition) is 5. The van der Waals surface area contributed by atoms with Crippen molar-refractivity contribution in [1.82, 2.24) is 15.5 Å². The summed E-state index contributed by atoms with van der Waals surface area (Å²) in [6.07, 6.45) is -0.112. The standard InChI is InChI=1S/C23H24FN3O5/c1-14-4-6-15(7-5-14)18(12-20(29)32-3)25-19(28)13-27-21(30)23(2,26-22(27)31)16-8-10-17(24)11-9-16/h4-11,18H,12-13H2,1-3H3,(H,25,28)(H,26,31)/t18-,23+/m0/s1. The van der Waals surface area contributed by atoms with Crippen LogP contribution in [0.3, 0.4) is 0 Å². The number of urea groups is 1. The number of nitrogens with zero attached hydrogens (tertiary/aromatic N) is 1. The Kier molecular flexibility index (Phi) is 6.57. The third kappa shape index (κ3) is 4.77. The molecule has 0 radical (unpaired) electrons. The molecule has 2 aromatic rings. The highest BCUT2D eigenvalue weighted by molar-refractivity contribution is 6.09. The molecule has 2 aromatic carbocycles. The maximum atomic E-state index is 13.3. The minimum atomic E-state index is -1.42. The normalized spacial score (nSPS) is 18.8. The number of amides is 4. The quantitative estimate of drug-likeness (QED) is 0.507. The van der Waals surface area contributed by atoms with E-state index in [9.17, 15) is 23.6 Å². The highest BCUT2D eigenvalue weighted by atomic mass is 19.1. The summed E-state index contributed by atoms with van der Waals surface area (Å²) in [7, 11) is 1.25. The Morgan fingerprint density at radius 2 is 1.75 bits per heavy atom. The van der Waals surface area contributed by atoms with Gasteiger partial charge in [-0.05, 0) is 37.1 Å². The summed E-state index contributed by atoms with van der Waals surface area (Å²) in [6, 6.07) is 11.0. The smallest absolute Gasteiger partial charge is 0.325 e. The SMILES string of the molecule is COC(=O)C[C@H](NC(=O)CN1C(=O)N[C@](C)(c2ccc(F)cc2)C1=O)c1ccc(C)cc1. The first-order chi connectivity index (χ1) is 15.1. The van der Waals surface area contributed by atoms with Crippen LogP contribution in [-0.4, -0.2) is 42.4 Å². The molecule has 9 heteroatoms. The zero-order valence-electron chi connectivity index (χ0n) is 18.0. The van der Waals surface area contributed by atoms with Gasteiger partial charge in [-0.25, -0.2) is 9.18 Å². The number of halogens is 1. The lowest BCUT2D eigenvalue weighted by Gasteiger charge is -2.23. The van der Waals surface area contributed by atoms with Gasteiger partial charge in [-0.1, -0.05) is 42.0 Å². The molecule has 1 fully saturated rings. The van der Waals surface area contributed by atoms with Gasteiger partial charge >= 0.3 is 12.0 Å². The summed E-state index contributed by atoms with van der Waals surface area (Å²) >= 11 is 0. The van der Waals surface area contributed by atoms with Crippen LogP contribution in [0.2, 0.25) is 0 Å². The van der Waals surface area contributed by atoms with E-state index in [2.05, 4.69) is 10.6 Å². The highest BCUT2D eigenvalue weighted by Gasteiger charge is 2.49. The number of carbonyl (C=O) groups excluding carboxylic acids is 4. The number of ether oxygens (including phenoxy) is 1. The van der Waals surface area contributed by atoms with Crippen molar-refractivity contribution in [3.8, 4) is 0 Å². The van der Waals surface area contributed by atoms with Crippen molar-refractivity contribution in [2.45, 2.75) is 31.8 Å². The number of carbonyl (C=O) groups is 4. The third-order valence-corrected chi connectivity index (χ3v) is 5.41. The van der Waals surface area contributed by atoms with Gasteiger partial charge in [0.05, 0.1) is 19.6 Å². The fourth-order valence-corrected chi connectivity index (χ4v) is 3.50. The molecule has 1 saturated heterocycles. The van der Waals surface area contributed by atoms with Crippen LogP contribution in [0.15, 0.2) is 48.5 Å². The lowest BCUT2D eigenvalue weighted by molar-refractivity contribution is -0.141. The van der Waals surface area contributed by atoms with Gasteiger partial charge in [0.1, 0.15) is 17.9 Å². The number of methoxy groups -OCH3 is 1. The fourth-order valence-electron chi connectivity index (χ4n) is 3.50. The van der Waals surface area contributed by atoms with Crippen molar-refractivity contribution in [3.63, 3.8) is 0 Å². The monoisotopic (exact) mass is 441 g/mol. The molecule has 1 heterocycles. The average molecular weight is 441 g/mol. The number of esters is 1. The summed E-state index contributed by atoms with van der Waals surface area (Å²) in [6.45, 7) is 2.86. The van der Waals surface area contributed by atoms with Crippen LogP contribution in [0.4, 0.5) is 9.18 Å². The lowest BCUT2D eigenvalue weighted by Crippen LogP contribution is -2.44. The molecule has 0 bridgehead atoms. The van der Waals surface area contributed by atoms with Crippen LogP contribution >= 0.6 is 0 Å². The topological polar surface area (TPSA) is 105 Å². The Labute approximate surface area is 184 Å². The summed E-state index contributed by atoms with van der Waals surface area (Å²) in [5.41, 5.74) is 0.662. The second-order valence-corrected chi connectivity index (χ2v) is 7.76. The molecular formula is C23H24FN3O5. The number of nitrogens with one attached hydrogen (secondary N) is 2. The summed E-state index contributed by atoms with van der Waals surface area (Å²) in [5.74, 6) is -2.25. The second-order valence-electron chi connectivity index (χ2n) is 7.76. The molecular weight excluding hydrogens is 417 g/mol. The highest BCUT2D eigenvalue weighted by Crippen LogP contribution is 2.29. The van der Waals surface area contributed by atoms with Crippen molar-refractivity contribution >= 4 is 23.8 Å². The van der Waals surface area contributed by atoms with E-state index in [0.717, 1.165) is 10.5 Å². The van der Waals surface area contributed by atoms with E-state index in [1.165, 1.54) is 38.3 Å². The van der Waals surface area contributed by atoms with E-state index in [-0.39, 0.29) is 6.42 Å². The largest absolute Gasteiger partial charge is 0.469 e. The zero-order valence-corrected chi connectivity index (χ0v) is 18.0. The van der Waals surface area contributed by atoms with Gasteiger partial charge in [-0.3, -0.25) is 19.3 Å². The molecule has 1 aliphatic rings. The first kappa shape index (κ1) is 22.9. The molecule has 0 spiro atoms. The lowest BCUT2D eigenvalue weighted by atomic mass is 9.92. The Bertz CT molecular complexity index is 1040. The van der Waals surface area contributed by atoms with E-state index in [1.807, 2.05) is 19.1 Å². The van der Waals surface area contributed by atoms with Crippen molar-refractivity contribution < 1.29 is 28.3 Å². The minimum absolute atomic E-state index is 0.112. The van der Waals surface area contributed by atoms with Crippen molar-refractivity contribution in [2.75, 3.05) is 13.7 Å². The van der Waals surface area contributed by atoms with Gasteiger partial charge < -0.3 is 15.4 Å². The predicted octanol–water partition coefficient (Wildman–Crippen LogP) is 2.32. The minimum Gasteiger partial charge on any atom is -0.469 e. The molecule has 1 aliphatic heterocycles. The van der Waals surface area contributed by atoms with Crippen LogP contribution in [-0.2, 0) is 24.7 Å². The molecule has 4 amide bonds. The summed E-state index contributed by atoms with van der Waals surface area (Å²) in [4.78, 5) is 50.8. The van der Waals surface area contributed by atoms with Crippen LogP contribution in [0.1, 0.15) is 36.1 Å². The van der Waals surface area contributed by atoms with Gasteiger partial charge in [-0.15, -0.1) is 0 Å². The molecule has 0 saturated carbocycles. The zero-order chi connectivity index (χ0) is 23.5. The van der Waals surface area contributed by atoms with Crippen molar-refractivity contribution in [3.05, 3.63) is 71.0 Å². The van der Waals surface area contributed by atoms with Gasteiger partial charge in [0.2, 0.25) is 5.91 Å². The number of aryl methyl sites for hydroxylation is 1. The maximum absolute atomic E-state index is 13.3. The predicted molar refractivity (Wildman–Crippen MR) is 113 cm³/mol. The van der Waals surface area contributed by atoms with Gasteiger partial charge in [-0.2, -0.15) is 0 Å². The number of imide groups is 1. The Hall–Kier alpha value is -3.75. The molecule has 2 N–H and O–H groups in total. The third-order valence-electron chi connectivity index (χ3n) is 5.41. The first-order valence-corrected chi connectivity index (χ1v) is 9.97. The Balaban J connectivity index is 1.75. The molecule has 3 rings (SSSR count). The summed E-state index contributed by atoms with van der Waals surface area (Å²) in [5, 5.41) is 5.26. The first-order valence-electron chi connectivity index (χ1n) is 9.97. The van der Waals surface area contributed by atoms with E-state index in [4.69, 9.17) is 4.74 Å². The van der Waals surface area contributed by atoms with Crippen LogP contribution < -0.4 is 10.6 Å². The van der Waals surface area contributed by atoms with Crippen LogP contribution in [0, 0.1) is 12.7 Å². The molecule has 0 unspecified atom stereocenters. The molecule has 32 heavy (non-hydrogen) atoms. The average Bonchev–Trinajstić information content (AvgIpc) is 2.98. The van der Waals surface area contributed by atoms with E-state index in [1.54, 1.807) is 12.1 Å². The van der Waals surface area contributed by atoms with Crippen molar-refractivity contribution in [1.29, 1.82) is 0 Å². The second kappa shape index (κ2) is 9.17. The van der Waals surface area contributed by atoms with Crippen molar-refractivity contribution in [2.24, 2.45) is 0 Å². The molecule has 0 aromatic heterocycles. The van der Waals surface area contributed by atoms with Gasteiger partial charge in [0.15, 0.2) is 0 Å². The van der Waals surface area contributed by atoms with Crippen LogP contribution in [0.25, 0.3) is 0 Å². The number of benzene rings is 2.